The summed E-state index contributed by atoms with van der Waals surface area (Å²) in [5.74, 6) is -0.0827. The Hall–Kier alpha value is 0.290. The van der Waals surface area contributed by atoms with Gasteiger partial charge in [0.2, 0.25) is 9.70 Å². The summed E-state index contributed by atoms with van der Waals surface area (Å²) in [5.41, 5.74) is 1.07. The number of hydrogen-bond acceptors (Lipinski definition) is 5. The number of rotatable bonds is 4. The normalized spacial score (nSPS) is 25.2. The summed E-state index contributed by atoms with van der Waals surface area (Å²) in [4.78, 5) is 26.1. The Labute approximate surface area is 149 Å². The molecule has 0 aliphatic carbocycles. The highest BCUT2D eigenvalue weighted by Gasteiger charge is 2.53. The Kier molecular flexibility index (Phi) is 5.96. The van der Waals surface area contributed by atoms with Crippen LogP contribution in [0.4, 0.5) is 0 Å². The molecule has 0 saturated carbocycles. The van der Waals surface area contributed by atoms with Crippen LogP contribution in [0.3, 0.4) is 0 Å². The van der Waals surface area contributed by atoms with E-state index in [9.17, 15) is 9.59 Å². The molecule has 1 amide bonds. The zero-order valence-corrected chi connectivity index (χ0v) is 16.2. The average molecular weight is 406 g/mol. The lowest BCUT2D eigenvalue weighted by atomic mass is 10.0. The van der Waals surface area contributed by atoms with Crippen molar-refractivity contribution < 1.29 is 14.3 Å². The third kappa shape index (κ3) is 4.03. The van der Waals surface area contributed by atoms with Crippen molar-refractivity contribution in [2.45, 2.75) is 22.1 Å². The number of nitrogens with one attached hydrogen (secondary N) is 1. The van der Waals surface area contributed by atoms with Crippen LogP contribution in [0, 0.1) is 0 Å². The molecule has 0 bridgehead atoms. The molecule has 124 valence electrons. The Bertz CT molecular complexity index is 524. The van der Waals surface area contributed by atoms with Crippen LogP contribution in [0.15, 0.2) is 11.3 Å². The Morgan fingerprint density at radius 2 is 2.14 bits per heavy atom. The zero-order valence-electron chi connectivity index (χ0n) is 12.2. The molecule has 2 aliphatic heterocycles. The fourth-order valence-electron chi connectivity index (χ4n) is 2.24. The SMILES string of the molecule is CC1=C(C(=O)OCC(Cl)(Cl)Cl)N2C(=O)[C@@H](NP(C)C)[C@@H]2SC1. The van der Waals surface area contributed by atoms with Gasteiger partial charge >= 0.3 is 5.97 Å². The van der Waals surface area contributed by atoms with Gasteiger partial charge in [0.15, 0.2) is 0 Å². The highest BCUT2D eigenvalue weighted by Crippen LogP contribution is 2.42. The molecular formula is C12H16Cl3N2O3PS. The molecule has 0 aromatic heterocycles. The van der Waals surface area contributed by atoms with Gasteiger partial charge < -0.3 is 4.74 Å². The van der Waals surface area contributed by atoms with Crippen LogP contribution in [-0.4, -0.2) is 57.7 Å². The first-order valence-electron chi connectivity index (χ1n) is 6.43. The monoisotopic (exact) mass is 404 g/mol. The maximum absolute atomic E-state index is 12.3. The van der Waals surface area contributed by atoms with Crippen LogP contribution in [0.1, 0.15) is 6.92 Å². The second-order valence-corrected chi connectivity index (χ2v) is 10.9. The first-order valence-corrected chi connectivity index (χ1v) is 10.9. The van der Waals surface area contributed by atoms with Gasteiger partial charge in [-0.1, -0.05) is 34.8 Å². The van der Waals surface area contributed by atoms with Crippen molar-refractivity contribution in [3.05, 3.63) is 11.3 Å². The summed E-state index contributed by atoms with van der Waals surface area (Å²) < 4.78 is 3.35. The van der Waals surface area contributed by atoms with Crippen LogP contribution in [0.2, 0.25) is 0 Å². The lowest BCUT2D eigenvalue weighted by Gasteiger charge is -2.50. The van der Waals surface area contributed by atoms with Gasteiger partial charge in [-0.2, -0.15) is 0 Å². The molecule has 2 atom stereocenters. The van der Waals surface area contributed by atoms with Gasteiger partial charge in [-0.25, -0.2) is 4.79 Å². The van der Waals surface area contributed by atoms with E-state index in [1.54, 1.807) is 18.7 Å². The topological polar surface area (TPSA) is 58.6 Å². The highest BCUT2D eigenvalue weighted by molar-refractivity contribution is 8.00. The standard InChI is InChI=1S/C12H16Cl3N2O3PS/c1-6-4-22-10-7(16-21(2)3)9(18)17(10)8(6)11(19)20-5-12(13,14)15/h7,10,16H,4-5H2,1-3H3/t7-,10+/m1/s1. The summed E-state index contributed by atoms with van der Waals surface area (Å²) in [7, 11) is -0.412. The molecule has 0 aromatic rings. The molecule has 1 fully saturated rings. The molecule has 2 rings (SSSR count). The molecule has 0 aromatic carbocycles. The van der Waals surface area contributed by atoms with Crippen LogP contribution >= 0.6 is 54.6 Å². The number of alkyl halides is 3. The lowest BCUT2D eigenvalue weighted by Crippen LogP contribution is -2.68. The minimum Gasteiger partial charge on any atom is -0.456 e. The quantitative estimate of drug-likeness (QED) is 0.337. The van der Waals surface area contributed by atoms with Crippen molar-refractivity contribution in [2.24, 2.45) is 0 Å². The van der Waals surface area contributed by atoms with Gasteiger partial charge in [-0.05, 0) is 33.9 Å². The summed E-state index contributed by atoms with van der Waals surface area (Å²) in [6.45, 7) is 5.52. The van der Waals surface area contributed by atoms with Gasteiger partial charge in [0.25, 0.3) is 0 Å². The van der Waals surface area contributed by atoms with Gasteiger partial charge in [0.05, 0.1) is 0 Å². The summed E-state index contributed by atoms with van der Waals surface area (Å²) in [6, 6.07) is -0.254. The van der Waals surface area contributed by atoms with Crippen molar-refractivity contribution in [3.8, 4) is 0 Å². The van der Waals surface area contributed by atoms with E-state index in [1.165, 1.54) is 4.90 Å². The van der Waals surface area contributed by atoms with Crippen molar-refractivity contribution in [3.63, 3.8) is 0 Å². The number of fused-ring (bicyclic) bond motifs is 1. The second kappa shape index (κ2) is 7.04. The average Bonchev–Trinajstić information content (AvgIpc) is 2.41. The molecule has 2 heterocycles. The maximum atomic E-state index is 12.3. The highest BCUT2D eigenvalue weighted by atomic mass is 35.6. The molecule has 1 N–H and O–H groups in total. The minimum atomic E-state index is -1.67. The Balaban J connectivity index is 2.11. The number of amides is 1. The number of halogens is 3. The van der Waals surface area contributed by atoms with Crippen LogP contribution < -0.4 is 5.09 Å². The molecule has 10 heteroatoms. The van der Waals surface area contributed by atoms with Gasteiger partial charge in [0, 0.05) is 5.75 Å². The van der Waals surface area contributed by atoms with E-state index in [1.807, 2.05) is 13.3 Å². The van der Waals surface area contributed by atoms with E-state index >= 15 is 0 Å². The van der Waals surface area contributed by atoms with Crippen LogP contribution in [-0.2, 0) is 14.3 Å². The van der Waals surface area contributed by atoms with Gasteiger partial charge in [-0.15, -0.1) is 11.8 Å². The van der Waals surface area contributed by atoms with E-state index in [0.717, 1.165) is 5.57 Å². The minimum absolute atomic E-state index is 0.0867. The van der Waals surface area contributed by atoms with Gasteiger partial charge in [-0.3, -0.25) is 14.8 Å². The van der Waals surface area contributed by atoms with E-state index in [0.29, 0.717) is 5.75 Å². The van der Waals surface area contributed by atoms with Crippen molar-refractivity contribution in [1.29, 1.82) is 0 Å². The molecule has 0 unspecified atom stereocenters. The van der Waals surface area contributed by atoms with Crippen molar-refractivity contribution >= 4 is 66.5 Å². The van der Waals surface area contributed by atoms with E-state index in [2.05, 4.69) is 5.09 Å². The maximum Gasteiger partial charge on any atom is 0.355 e. The molecule has 2 aliphatic rings. The number of hydrogen-bond donors (Lipinski definition) is 1. The van der Waals surface area contributed by atoms with E-state index < -0.39 is 17.8 Å². The first-order chi connectivity index (χ1) is 10.1. The first kappa shape index (κ1) is 18.6. The molecule has 1 saturated heterocycles. The Morgan fingerprint density at radius 3 is 2.68 bits per heavy atom. The zero-order chi connectivity index (χ0) is 16.7. The van der Waals surface area contributed by atoms with Crippen molar-refractivity contribution in [2.75, 3.05) is 25.7 Å². The number of carbonyl (C=O) groups is 2. The van der Waals surface area contributed by atoms with E-state index in [4.69, 9.17) is 39.5 Å². The number of nitrogens with zero attached hydrogens (tertiary/aromatic N) is 1. The fourth-order valence-corrected chi connectivity index (χ4v) is 4.61. The second-order valence-electron chi connectivity index (χ2n) is 5.23. The van der Waals surface area contributed by atoms with E-state index in [-0.39, 0.29) is 29.6 Å². The van der Waals surface area contributed by atoms with Crippen LogP contribution in [0.5, 0.6) is 0 Å². The molecule has 0 spiro atoms. The predicted octanol–water partition coefficient (Wildman–Crippen LogP) is 2.70. The smallest absolute Gasteiger partial charge is 0.355 e. The lowest BCUT2D eigenvalue weighted by molar-refractivity contribution is -0.151. The molecular weight excluding hydrogens is 390 g/mol. The van der Waals surface area contributed by atoms with Crippen molar-refractivity contribution in [1.82, 2.24) is 9.99 Å². The van der Waals surface area contributed by atoms with Gasteiger partial charge in [0.1, 0.15) is 23.7 Å². The third-order valence-electron chi connectivity index (χ3n) is 3.12. The largest absolute Gasteiger partial charge is 0.456 e. The number of β-lactam (4-membered cyclic amide) rings is 1. The number of ether oxygens (including phenoxy) is 1. The number of carbonyl (C=O) groups excluding carboxylic acids is 2. The predicted molar refractivity (Wildman–Crippen MR) is 92.7 cm³/mol. The third-order valence-corrected chi connectivity index (χ3v) is 5.66. The molecule has 0 radical (unpaired) electrons. The summed E-state index contributed by atoms with van der Waals surface area (Å²) in [5, 5.41) is 3.19. The summed E-state index contributed by atoms with van der Waals surface area (Å²) in [6.07, 6.45) is 0. The van der Waals surface area contributed by atoms with Crippen LogP contribution in [0.25, 0.3) is 0 Å². The number of esters is 1. The molecule has 5 nitrogen and oxygen atoms in total. The molecule has 22 heavy (non-hydrogen) atoms. The summed E-state index contributed by atoms with van der Waals surface area (Å²) >= 11 is 18.4. The number of thioether (sulfide) groups is 1. The fraction of sp³-hybridized carbons (Fsp3) is 0.667. The Morgan fingerprint density at radius 1 is 1.50 bits per heavy atom.